The molecule has 1 N–H and O–H groups in total. The zero-order valence-corrected chi connectivity index (χ0v) is 10.9. The summed E-state index contributed by atoms with van der Waals surface area (Å²) in [7, 11) is 0. The molecule has 0 aliphatic heterocycles. The van der Waals surface area contributed by atoms with Crippen LogP contribution in [0.4, 0.5) is 4.39 Å². The van der Waals surface area contributed by atoms with E-state index in [0.717, 1.165) is 4.88 Å². The molecule has 0 saturated heterocycles. The minimum absolute atomic E-state index is 0.0245. The van der Waals surface area contributed by atoms with Gasteiger partial charge in [-0.25, -0.2) is 4.39 Å². The molecular formula is C14H13FO3S. The second kappa shape index (κ2) is 6.33. The van der Waals surface area contributed by atoms with E-state index in [-0.39, 0.29) is 6.61 Å². The summed E-state index contributed by atoms with van der Waals surface area (Å²) >= 11 is 1.51. The van der Waals surface area contributed by atoms with Crippen LogP contribution >= 0.6 is 11.3 Å². The lowest BCUT2D eigenvalue weighted by molar-refractivity contribution is -0.142. The van der Waals surface area contributed by atoms with Crippen LogP contribution in [0.25, 0.3) is 0 Å². The van der Waals surface area contributed by atoms with Crippen molar-refractivity contribution in [2.75, 3.05) is 6.61 Å². The fraction of sp³-hybridized carbons (Fsp3) is 0.214. The van der Waals surface area contributed by atoms with Crippen LogP contribution < -0.4 is 4.74 Å². The Kier molecular flexibility index (Phi) is 4.52. The molecule has 1 unspecified atom stereocenters. The summed E-state index contributed by atoms with van der Waals surface area (Å²) in [6.45, 7) is 0.0245. The quantitative estimate of drug-likeness (QED) is 0.883. The maximum absolute atomic E-state index is 13.0. The highest BCUT2D eigenvalue weighted by molar-refractivity contribution is 7.09. The van der Waals surface area contributed by atoms with Gasteiger partial charge < -0.3 is 9.84 Å². The van der Waals surface area contributed by atoms with Crippen LogP contribution in [0.15, 0.2) is 41.8 Å². The number of ether oxygens (including phenoxy) is 1. The molecule has 0 saturated carbocycles. The van der Waals surface area contributed by atoms with E-state index in [0.29, 0.717) is 12.2 Å². The summed E-state index contributed by atoms with van der Waals surface area (Å²) in [5.41, 5.74) is 0. The van der Waals surface area contributed by atoms with E-state index in [4.69, 9.17) is 9.84 Å². The van der Waals surface area contributed by atoms with Gasteiger partial charge in [0.15, 0.2) is 0 Å². The summed E-state index contributed by atoms with van der Waals surface area (Å²) in [5, 5.41) is 11.1. The number of benzene rings is 1. The molecule has 0 amide bonds. The molecule has 5 heteroatoms. The number of carbonyl (C=O) groups is 1. The van der Waals surface area contributed by atoms with E-state index in [1.165, 1.54) is 29.5 Å². The lowest BCUT2D eigenvalue weighted by Gasteiger charge is -2.13. The first kappa shape index (κ1) is 13.5. The highest BCUT2D eigenvalue weighted by atomic mass is 32.1. The molecule has 1 heterocycles. The van der Waals surface area contributed by atoms with Gasteiger partial charge in [-0.05, 0) is 30.0 Å². The van der Waals surface area contributed by atoms with Crippen LogP contribution in [-0.2, 0) is 11.2 Å². The summed E-state index contributed by atoms with van der Waals surface area (Å²) in [5.74, 6) is -1.60. The van der Waals surface area contributed by atoms with Crippen LogP contribution in [0.3, 0.4) is 0 Å². The molecule has 19 heavy (non-hydrogen) atoms. The van der Waals surface area contributed by atoms with Gasteiger partial charge in [0.05, 0.1) is 5.92 Å². The van der Waals surface area contributed by atoms with Gasteiger partial charge in [-0.15, -0.1) is 11.3 Å². The minimum atomic E-state index is -0.912. The number of rotatable bonds is 6. The first-order valence-electron chi connectivity index (χ1n) is 5.78. The number of aliphatic carboxylic acids is 1. The molecule has 3 nitrogen and oxygen atoms in total. The number of thiophene rings is 1. The Balaban J connectivity index is 1.96. The van der Waals surface area contributed by atoms with Crippen molar-refractivity contribution in [3.05, 3.63) is 52.5 Å². The first-order valence-corrected chi connectivity index (χ1v) is 6.66. The molecule has 1 aromatic heterocycles. The lowest BCUT2D eigenvalue weighted by atomic mass is 10.1. The third-order valence-corrected chi connectivity index (χ3v) is 3.52. The maximum Gasteiger partial charge on any atom is 0.310 e. The third-order valence-electron chi connectivity index (χ3n) is 2.62. The highest BCUT2D eigenvalue weighted by Crippen LogP contribution is 2.17. The summed E-state index contributed by atoms with van der Waals surface area (Å²) in [4.78, 5) is 12.2. The molecule has 0 aliphatic carbocycles. The highest BCUT2D eigenvalue weighted by Gasteiger charge is 2.19. The van der Waals surface area contributed by atoms with Crippen molar-refractivity contribution < 1.29 is 19.0 Å². The van der Waals surface area contributed by atoms with Crippen LogP contribution in [0, 0.1) is 11.7 Å². The molecule has 0 spiro atoms. The van der Waals surface area contributed by atoms with Gasteiger partial charge in [-0.3, -0.25) is 4.79 Å². The van der Waals surface area contributed by atoms with E-state index < -0.39 is 17.7 Å². The van der Waals surface area contributed by atoms with Gasteiger partial charge in [0, 0.05) is 10.9 Å². The van der Waals surface area contributed by atoms with Crippen LogP contribution in [0.1, 0.15) is 4.88 Å². The Labute approximate surface area is 114 Å². The van der Waals surface area contributed by atoms with Crippen molar-refractivity contribution in [1.29, 1.82) is 0 Å². The predicted molar refractivity (Wildman–Crippen MR) is 71.0 cm³/mol. The Bertz CT molecular complexity index is 539. The molecule has 100 valence electrons. The van der Waals surface area contributed by atoms with E-state index in [2.05, 4.69) is 0 Å². The van der Waals surface area contributed by atoms with Crippen LogP contribution in [0.5, 0.6) is 5.75 Å². The van der Waals surface area contributed by atoms with Crippen molar-refractivity contribution in [3.63, 3.8) is 0 Å². The minimum Gasteiger partial charge on any atom is -0.493 e. The number of hydrogen-bond acceptors (Lipinski definition) is 3. The van der Waals surface area contributed by atoms with Gasteiger partial charge in [0.25, 0.3) is 0 Å². The van der Waals surface area contributed by atoms with Crippen LogP contribution in [0.2, 0.25) is 0 Å². The number of carboxylic acid groups (broad SMARTS) is 1. The smallest absolute Gasteiger partial charge is 0.310 e. The summed E-state index contributed by atoms with van der Waals surface area (Å²) in [6.07, 6.45) is 0.419. The van der Waals surface area contributed by atoms with Gasteiger partial charge in [0.2, 0.25) is 0 Å². The molecule has 2 aromatic rings. The van der Waals surface area contributed by atoms with Crippen molar-refractivity contribution in [1.82, 2.24) is 0 Å². The Morgan fingerprint density at radius 1 is 1.37 bits per heavy atom. The zero-order chi connectivity index (χ0) is 13.7. The van der Waals surface area contributed by atoms with E-state index in [1.54, 1.807) is 6.07 Å². The van der Waals surface area contributed by atoms with E-state index in [1.807, 2.05) is 17.5 Å². The number of hydrogen-bond donors (Lipinski definition) is 1. The number of carboxylic acids is 1. The van der Waals surface area contributed by atoms with Crippen molar-refractivity contribution in [2.45, 2.75) is 6.42 Å². The standard InChI is InChI=1S/C14H13FO3S/c15-11-3-1-4-12(8-11)18-9-10(14(16)17)7-13-5-2-6-19-13/h1-6,8,10H,7,9H2,(H,16,17). The van der Waals surface area contributed by atoms with Crippen LogP contribution in [-0.4, -0.2) is 17.7 Å². The van der Waals surface area contributed by atoms with Gasteiger partial charge >= 0.3 is 5.97 Å². The second-order valence-electron chi connectivity index (χ2n) is 4.09. The van der Waals surface area contributed by atoms with Crippen molar-refractivity contribution in [2.24, 2.45) is 5.92 Å². The third kappa shape index (κ3) is 4.06. The monoisotopic (exact) mass is 280 g/mol. The Morgan fingerprint density at radius 2 is 2.21 bits per heavy atom. The zero-order valence-electron chi connectivity index (χ0n) is 10.1. The molecular weight excluding hydrogens is 267 g/mol. The first-order chi connectivity index (χ1) is 9.15. The maximum atomic E-state index is 13.0. The largest absolute Gasteiger partial charge is 0.493 e. The summed E-state index contributed by atoms with van der Waals surface area (Å²) < 4.78 is 18.3. The average Bonchev–Trinajstić information content (AvgIpc) is 2.87. The molecule has 0 bridgehead atoms. The lowest BCUT2D eigenvalue weighted by Crippen LogP contribution is -2.23. The van der Waals surface area contributed by atoms with Crippen molar-refractivity contribution in [3.8, 4) is 5.75 Å². The molecule has 1 aromatic carbocycles. The molecule has 1 atom stereocenters. The fourth-order valence-electron chi connectivity index (χ4n) is 1.64. The van der Waals surface area contributed by atoms with Gasteiger partial charge in [0.1, 0.15) is 18.2 Å². The second-order valence-corrected chi connectivity index (χ2v) is 5.12. The Morgan fingerprint density at radius 3 is 2.84 bits per heavy atom. The van der Waals surface area contributed by atoms with E-state index in [9.17, 15) is 9.18 Å². The van der Waals surface area contributed by atoms with Crippen molar-refractivity contribution >= 4 is 17.3 Å². The molecule has 2 rings (SSSR count). The molecule has 0 aliphatic rings. The fourth-order valence-corrected chi connectivity index (χ4v) is 2.43. The molecule has 0 fully saturated rings. The summed E-state index contributed by atoms with van der Waals surface area (Å²) in [6, 6.07) is 9.46. The van der Waals surface area contributed by atoms with E-state index >= 15 is 0 Å². The Hall–Kier alpha value is -1.88. The normalized spacial score (nSPS) is 12.1. The van der Waals surface area contributed by atoms with Gasteiger partial charge in [-0.2, -0.15) is 0 Å². The predicted octanol–water partition coefficient (Wildman–Crippen LogP) is 3.21. The topological polar surface area (TPSA) is 46.5 Å². The SMILES string of the molecule is O=C(O)C(COc1cccc(F)c1)Cc1cccs1. The van der Waals surface area contributed by atoms with Gasteiger partial charge in [-0.1, -0.05) is 12.1 Å². The number of halogens is 1. The average molecular weight is 280 g/mol. The molecule has 0 radical (unpaired) electrons.